The van der Waals surface area contributed by atoms with E-state index in [0.717, 1.165) is 0 Å². The molecule has 0 atom stereocenters. The molecule has 0 amide bonds. The van der Waals surface area contributed by atoms with Crippen LogP contribution in [0.25, 0.3) is 0 Å². The molecular weight excluding hydrogens is 509 g/mol. The van der Waals surface area contributed by atoms with Crippen LogP contribution in [-0.4, -0.2) is 56.2 Å². The maximum absolute atomic E-state index is 13.1. The molecule has 0 bridgehead atoms. The summed E-state index contributed by atoms with van der Waals surface area (Å²) in [6, 6.07) is 11.8. The van der Waals surface area contributed by atoms with E-state index in [2.05, 4.69) is 20.6 Å². The summed E-state index contributed by atoms with van der Waals surface area (Å²) in [5.74, 6) is 0.923. The van der Waals surface area contributed by atoms with Gasteiger partial charge in [0, 0.05) is 18.4 Å². The third-order valence-corrected chi connectivity index (χ3v) is 9.17. The number of nitrogens with one attached hydrogen (secondary N) is 2. The number of hydrogen-bond acceptors (Lipinski definition) is 8. The van der Waals surface area contributed by atoms with E-state index in [0.29, 0.717) is 35.5 Å². The number of methoxy groups -OCH3 is 1. The number of para-hydroxylation sites is 1. The summed E-state index contributed by atoms with van der Waals surface area (Å²) < 4.78 is 45.5. The predicted octanol–water partition coefficient (Wildman–Crippen LogP) is 4.90. The third kappa shape index (κ3) is 6.13. The molecule has 0 aliphatic carbocycles. The van der Waals surface area contributed by atoms with E-state index < -0.39 is 17.2 Å². The Hall–Kier alpha value is -2.65. The molecule has 2 aromatic carbocycles. The van der Waals surface area contributed by atoms with Gasteiger partial charge in [0.2, 0.25) is 16.0 Å². The SMILES string of the molecule is CCN(CC)S(=O)(=O)c1ccccc1Nc1nc(Nc2ccc(P(C)(C)=O)cc2OC)ncc1Cl. The molecule has 0 radical (unpaired) electrons. The molecule has 9 nitrogen and oxygen atoms in total. The van der Waals surface area contributed by atoms with E-state index in [9.17, 15) is 13.0 Å². The fourth-order valence-corrected chi connectivity index (χ4v) is 5.98. The Labute approximate surface area is 211 Å². The first-order chi connectivity index (χ1) is 16.5. The monoisotopic (exact) mass is 537 g/mol. The van der Waals surface area contributed by atoms with Gasteiger partial charge in [-0.25, -0.2) is 13.4 Å². The molecule has 3 rings (SSSR count). The lowest BCUT2D eigenvalue weighted by atomic mass is 10.3. The fraction of sp³-hybridized carbons (Fsp3) is 0.304. The van der Waals surface area contributed by atoms with E-state index >= 15 is 0 Å². The van der Waals surface area contributed by atoms with Crippen molar-refractivity contribution in [1.82, 2.24) is 14.3 Å². The van der Waals surface area contributed by atoms with E-state index in [1.54, 1.807) is 63.6 Å². The van der Waals surface area contributed by atoms with Crippen molar-refractivity contribution in [1.29, 1.82) is 0 Å². The summed E-state index contributed by atoms with van der Waals surface area (Å²) in [7, 11) is -4.67. The van der Waals surface area contributed by atoms with E-state index in [-0.39, 0.29) is 21.7 Å². The summed E-state index contributed by atoms with van der Waals surface area (Å²) in [5, 5.41) is 7.01. The Morgan fingerprint density at radius 3 is 2.37 bits per heavy atom. The lowest BCUT2D eigenvalue weighted by Gasteiger charge is -2.21. The number of rotatable bonds is 10. The summed E-state index contributed by atoms with van der Waals surface area (Å²) in [6.07, 6.45) is 1.41. The van der Waals surface area contributed by atoms with Gasteiger partial charge in [-0.15, -0.1) is 0 Å². The molecular formula is C23H29ClN5O4PS. The molecule has 12 heteroatoms. The van der Waals surface area contributed by atoms with Gasteiger partial charge in [0.25, 0.3) is 0 Å². The van der Waals surface area contributed by atoms with Gasteiger partial charge in [0.1, 0.15) is 22.8 Å². The maximum atomic E-state index is 13.1. The maximum Gasteiger partial charge on any atom is 0.245 e. The highest BCUT2D eigenvalue weighted by atomic mass is 35.5. The quantitative estimate of drug-likeness (QED) is 0.351. The largest absolute Gasteiger partial charge is 0.495 e. The Bertz CT molecular complexity index is 1360. The van der Waals surface area contributed by atoms with Crippen LogP contribution in [0.1, 0.15) is 13.8 Å². The van der Waals surface area contributed by atoms with Gasteiger partial charge >= 0.3 is 0 Å². The molecule has 0 unspecified atom stereocenters. The molecule has 0 fully saturated rings. The average molecular weight is 538 g/mol. The van der Waals surface area contributed by atoms with Crippen LogP contribution in [-0.2, 0) is 14.6 Å². The summed E-state index contributed by atoms with van der Waals surface area (Å²) >= 11 is 6.33. The molecule has 0 saturated carbocycles. The highest BCUT2D eigenvalue weighted by molar-refractivity contribution is 7.89. The second-order valence-corrected chi connectivity index (χ2v) is 13.5. The Kier molecular flexibility index (Phi) is 8.43. The van der Waals surface area contributed by atoms with Crippen LogP contribution >= 0.6 is 18.7 Å². The zero-order valence-electron chi connectivity index (χ0n) is 20.2. The summed E-state index contributed by atoms with van der Waals surface area (Å²) in [5.41, 5.74) is 0.914. The topological polar surface area (TPSA) is 114 Å². The van der Waals surface area contributed by atoms with Gasteiger partial charge in [0.05, 0.1) is 24.7 Å². The minimum atomic E-state index is -3.72. The number of sulfonamides is 1. The lowest BCUT2D eigenvalue weighted by molar-refractivity contribution is 0.417. The van der Waals surface area contributed by atoms with Crippen LogP contribution in [0, 0.1) is 0 Å². The van der Waals surface area contributed by atoms with Crippen molar-refractivity contribution < 1.29 is 17.7 Å². The van der Waals surface area contributed by atoms with Gasteiger partial charge in [-0.3, -0.25) is 0 Å². The van der Waals surface area contributed by atoms with Crippen LogP contribution in [0.15, 0.2) is 53.6 Å². The number of halogens is 1. The van der Waals surface area contributed by atoms with Crippen molar-refractivity contribution in [3.8, 4) is 5.75 Å². The molecule has 0 aliphatic rings. The van der Waals surface area contributed by atoms with Gasteiger partial charge in [-0.05, 0) is 43.7 Å². The predicted molar refractivity (Wildman–Crippen MR) is 142 cm³/mol. The average Bonchev–Trinajstić information content (AvgIpc) is 2.81. The van der Waals surface area contributed by atoms with Gasteiger partial charge in [-0.2, -0.15) is 9.29 Å². The molecule has 1 heterocycles. The number of hydrogen-bond donors (Lipinski definition) is 2. The van der Waals surface area contributed by atoms with E-state index in [1.165, 1.54) is 23.7 Å². The number of benzene rings is 2. The highest BCUT2D eigenvalue weighted by Crippen LogP contribution is 2.38. The molecule has 0 aliphatic heterocycles. The van der Waals surface area contributed by atoms with Crippen molar-refractivity contribution in [2.24, 2.45) is 0 Å². The second kappa shape index (κ2) is 11.0. The van der Waals surface area contributed by atoms with Crippen molar-refractivity contribution in [2.75, 3.05) is 44.2 Å². The second-order valence-electron chi connectivity index (χ2n) is 7.96. The highest BCUT2D eigenvalue weighted by Gasteiger charge is 2.25. The van der Waals surface area contributed by atoms with Crippen LogP contribution < -0.4 is 20.7 Å². The number of aromatic nitrogens is 2. The minimum absolute atomic E-state index is 0.119. The normalized spacial score (nSPS) is 12.0. The molecule has 35 heavy (non-hydrogen) atoms. The standard InChI is InChI=1S/C23H29ClN5O4PS/c1-6-29(7-2)35(31,32)21-11-9-8-10-19(21)26-22-17(24)15-25-23(28-22)27-18-13-12-16(34(4,5)30)14-20(18)33-3/h8-15H,6-7H2,1-5H3,(H2,25,26,27,28). The van der Waals surface area contributed by atoms with Gasteiger partial charge in [-0.1, -0.05) is 37.6 Å². The third-order valence-electron chi connectivity index (χ3n) is 5.26. The number of ether oxygens (including phenoxy) is 1. The van der Waals surface area contributed by atoms with Crippen molar-refractivity contribution in [2.45, 2.75) is 18.7 Å². The molecule has 2 N–H and O–H groups in total. The van der Waals surface area contributed by atoms with Crippen molar-refractivity contribution >= 4 is 57.2 Å². The molecule has 188 valence electrons. The summed E-state index contributed by atoms with van der Waals surface area (Å²) in [6.45, 7) is 7.65. The van der Waals surface area contributed by atoms with Gasteiger partial charge in [0.15, 0.2) is 5.82 Å². The van der Waals surface area contributed by atoms with Gasteiger partial charge < -0.3 is 19.9 Å². The van der Waals surface area contributed by atoms with E-state index in [1.807, 2.05) is 0 Å². The fourth-order valence-electron chi connectivity index (χ4n) is 3.38. The first-order valence-electron chi connectivity index (χ1n) is 10.9. The molecule has 0 saturated heterocycles. The van der Waals surface area contributed by atoms with Crippen LogP contribution in [0.3, 0.4) is 0 Å². The smallest absolute Gasteiger partial charge is 0.245 e. The van der Waals surface area contributed by atoms with Crippen molar-refractivity contribution in [3.05, 3.63) is 53.7 Å². The van der Waals surface area contributed by atoms with E-state index in [4.69, 9.17) is 16.3 Å². The Balaban J connectivity index is 1.95. The summed E-state index contributed by atoms with van der Waals surface area (Å²) in [4.78, 5) is 8.77. The first-order valence-corrected chi connectivity index (χ1v) is 15.3. The number of nitrogens with zero attached hydrogens (tertiary/aromatic N) is 3. The van der Waals surface area contributed by atoms with Crippen LogP contribution in [0.4, 0.5) is 23.1 Å². The minimum Gasteiger partial charge on any atom is -0.495 e. The molecule has 3 aromatic rings. The molecule has 1 aromatic heterocycles. The van der Waals surface area contributed by atoms with Crippen LogP contribution in [0.2, 0.25) is 5.02 Å². The zero-order chi connectivity index (χ0) is 25.8. The zero-order valence-corrected chi connectivity index (χ0v) is 22.7. The Morgan fingerprint density at radius 2 is 1.74 bits per heavy atom. The van der Waals surface area contributed by atoms with Crippen LogP contribution in [0.5, 0.6) is 5.75 Å². The van der Waals surface area contributed by atoms with Crippen molar-refractivity contribution in [3.63, 3.8) is 0 Å². The Morgan fingerprint density at radius 1 is 1.06 bits per heavy atom. The molecule has 0 spiro atoms. The lowest BCUT2D eigenvalue weighted by Crippen LogP contribution is -2.31. The first kappa shape index (κ1) is 26.9. The number of anilines is 4.